The van der Waals surface area contributed by atoms with E-state index in [1.165, 1.54) is 0 Å². The van der Waals surface area contributed by atoms with Crippen LogP contribution in [0.3, 0.4) is 0 Å². The molecule has 0 bridgehead atoms. The van der Waals surface area contributed by atoms with Gasteiger partial charge in [-0.3, -0.25) is 0 Å². The summed E-state index contributed by atoms with van der Waals surface area (Å²) in [6.07, 6.45) is 0.0583. The molecule has 20 heavy (non-hydrogen) atoms. The van der Waals surface area contributed by atoms with Gasteiger partial charge in [0.05, 0.1) is 34.8 Å². The Hall–Kier alpha value is -2.04. The molecule has 1 saturated heterocycles. The lowest BCUT2D eigenvalue weighted by atomic mass is 10.1. The largest absolute Gasteiger partial charge is 0.371 e. The van der Waals surface area contributed by atoms with E-state index < -0.39 is 0 Å². The first-order valence-corrected chi connectivity index (χ1v) is 6.89. The van der Waals surface area contributed by atoms with Crippen molar-refractivity contribution in [2.75, 3.05) is 19.7 Å². The van der Waals surface area contributed by atoms with Crippen LogP contribution in [-0.2, 0) is 4.74 Å². The van der Waals surface area contributed by atoms with E-state index in [1.54, 1.807) is 0 Å². The van der Waals surface area contributed by atoms with Gasteiger partial charge in [0.25, 0.3) is 0 Å². The van der Waals surface area contributed by atoms with Crippen molar-refractivity contribution in [1.29, 1.82) is 0 Å². The summed E-state index contributed by atoms with van der Waals surface area (Å²) < 4.78 is 5.85. The minimum Gasteiger partial charge on any atom is -0.371 e. The molecule has 0 amide bonds. The minimum absolute atomic E-state index is 0.0583. The summed E-state index contributed by atoms with van der Waals surface area (Å²) in [6.45, 7) is 2.48. The Labute approximate surface area is 116 Å². The maximum absolute atomic E-state index is 5.85. The first-order chi connectivity index (χ1) is 9.92. The van der Waals surface area contributed by atoms with E-state index in [0.29, 0.717) is 0 Å². The fraction of sp³-hybridized carbons (Fsp3) is 0.250. The van der Waals surface area contributed by atoms with Crippen LogP contribution in [0.1, 0.15) is 11.7 Å². The molecule has 1 aromatic heterocycles. The van der Waals surface area contributed by atoms with Crippen LogP contribution < -0.4 is 5.32 Å². The van der Waals surface area contributed by atoms with Crippen LogP contribution in [0.2, 0.25) is 0 Å². The molecule has 1 atom stereocenters. The first-order valence-electron chi connectivity index (χ1n) is 6.89. The number of morpholine rings is 1. The predicted molar refractivity (Wildman–Crippen MR) is 78.6 cm³/mol. The van der Waals surface area contributed by atoms with Crippen LogP contribution in [0.25, 0.3) is 22.1 Å². The van der Waals surface area contributed by atoms with Crippen molar-refractivity contribution in [3.63, 3.8) is 0 Å². The van der Waals surface area contributed by atoms with Gasteiger partial charge in [-0.05, 0) is 18.2 Å². The maximum atomic E-state index is 5.85. The van der Waals surface area contributed by atoms with Crippen LogP contribution in [0.4, 0.5) is 0 Å². The van der Waals surface area contributed by atoms with Crippen molar-refractivity contribution in [3.8, 4) is 0 Å². The van der Waals surface area contributed by atoms with Crippen LogP contribution in [-0.4, -0.2) is 29.7 Å². The van der Waals surface area contributed by atoms with Gasteiger partial charge >= 0.3 is 0 Å². The zero-order chi connectivity index (χ0) is 13.4. The van der Waals surface area contributed by atoms with Gasteiger partial charge in [0.2, 0.25) is 0 Å². The average molecular weight is 265 g/mol. The lowest BCUT2D eigenvalue weighted by Gasteiger charge is -2.24. The monoisotopic (exact) mass is 265 g/mol. The number of hydrogen-bond acceptors (Lipinski definition) is 4. The van der Waals surface area contributed by atoms with Gasteiger partial charge in [-0.15, -0.1) is 0 Å². The molecule has 2 heterocycles. The van der Waals surface area contributed by atoms with E-state index in [9.17, 15) is 0 Å². The highest BCUT2D eigenvalue weighted by atomic mass is 16.5. The van der Waals surface area contributed by atoms with E-state index in [-0.39, 0.29) is 6.10 Å². The van der Waals surface area contributed by atoms with Crippen molar-refractivity contribution in [3.05, 3.63) is 48.0 Å². The number of benzene rings is 2. The SMILES string of the molecule is c1ccc2nc3c(C4CNCCO4)cccc3nc2c1. The summed E-state index contributed by atoms with van der Waals surface area (Å²) in [4.78, 5) is 9.48. The number of para-hydroxylation sites is 3. The Morgan fingerprint density at radius 1 is 0.950 bits per heavy atom. The molecule has 4 heteroatoms. The molecule has 1 aliphatic rings. The summed E-state index contributed by atoms with van der Waals surface area (Å²) in [5.41, 5.74) is 4.85. The standard InChI is InChI=1S/C16H15N3O/c1-2-6-13-12(5-1)18-14-7-3-4-11(16(14)19-13)15-10-17-8-9-20-15/h1-7,15,17H,8-10H2. The van der Waals surface area contributed by atoms with E-state index in [1.807, 2.05) is 36.4 Å². The molecule has 1 N–H and O–H groups in total. The van der Waals surface area contributed by atoms with Gasteiger partial charge in [0, 0.05) is 18.7 Å². The van der Waals surface area contributed by atoms with Crippen molar-refractivity contribution in [1.82, 2.24) is 15.3 Å². The third-order valence-electron chi connectivity index (χ3n) is 3.68. The smallest absolute Gasteiger partial charge is 0.0971 e. The fourth-order valence-corrected chi connectivity index (χ4v) is 2.69. The normalized spacial score (nSPS) is 19.5. The van der Waals surface area contributed by atoms with Gasteiger partial charge < -0.3 is 10.1 Å². The average Bonchev–Trinajstić information content (AvgIpc) is 2.53. The fourth-order valence-electron chi connectivity index (χ4n) is 2.69. The van der Waals surface area contributed by atoms with E-state index in [2.05, 4.69) is 11.4 Å². The zero-order valence-electron chi connectivity index (χ0n) is 11.0. The van der Waals surface area contributed by atoms with Gasteiger partial charge in [-0.25, -0.2) is 9.97 Å². The Morgan fingerprint density at radius 3 is 2.55 bits per heavy atom. The second kappa shape index (κ2) is 4.81. The van der Waals surface area contributed by atoms with Crippen LogP contribution in [0.15, 0.2) is 42.5 Å². The minimum atomic E-state index is 0.0583. The lowest BCUT2D eigenvalue weighted by Crippen LogP contribution is -2.33. The number of fused-ring (bicyclic) bond motifs is 2. The lowest BCUT2D eigenvalue weighted by molar-refractivity contribution is 0.0285. The van der Waals surface area contributed by atoms with Crippen molar-refractivity contribution >= 4 is 22.1 Å². The number of hydrogen-bond donors (Lipinski definition) is 1. The number of aromatic nitrogens is 2. The van der Waals surface area contributed by atoms with E-state index in [4.69, 9.17) is 14.7 Å². The molecule has 4 nitrogen and oxygen atoms in total. The molecule has 4 rings (SSSR count). The van der Waals surface area contributed by atoms with E-state index in [0.717, 1.165) is 47.3 Å². The molecule has 0 aliphatic carbocycles. The highest BCUT2D eigenvalue weighted by molar-refractivity contribution is 5.88. The quantitative estimate of drug-likeness (QED) is 0.686. The third kappa shape index (κ3) is 1.94. The van der Waals surface area contributed by atoms with Gasteiger partial charge in [0.15, 0.2) is 0 Å². The zero-order valence-corrected chi connectivity index (χ0v) is 11.0. The molecule has 2 aromatic carbocycles. The van der Waals surface area contributed by atoms with Gasteiger partial charge in [0.1, 0.15) is 0 Å². The van der Waals surface area contributed by atoms with E-state index >= 15 is 0 Å². The van der Waals surface area contributed by atoms with Gasteiger partial charge in [-0.1, -0.05) is 24.3 Å². The molecular formula is C16H15N3O. The molecule has 1 fully saturated rings. The first kappa shape index (κ1) is 11.8. The number of nitrogens with zero attached hydrogens (tertiary/aromatic N) is 2. The molecular weight excluding hydrogens is 250 g/mol. The number of nitrogens with one attached hydrogen (secondary N) is 1. The van der Waals surface area contributed by atoms with Crippen LogP contribution in [0, 0.1) is 0 Å². The van der Waals surface area contributed by atoms with Crippen molar-refractivity contribution in [2.45, 2.75) is 6.10 Å². The Morgan fingerprint density at radius 2 is 1.75 bits per heavy atom. The molecule has 3 aromatic rings. The molecule has 1 aliphatic heterocycles. The molecule has 0 saturated carbocycles. The number of ether oxygens (including phenoxy) is 1. The third-order valence-corrected chi connectivity index (χ3v) is 3.68. The summed E-state index contributed by atoms with van der Waals surface area (Å²) in [5, 5.41) is 3.36. The van der Waals surface area contributed by atoms with Crippen LogP contribution >= 0.6 is 0 Å². The second-order valence-electron chi connectivity index (χ2n) is 4.99. The topological polar surface area (TPSA) is 47.0 Å². The summed E-state index contributed by atoms with van der Waals surface area (Å²) in [7, 11) is 0. The molecule has 0 radical (unpaired) electrons. The van der Waals surface area contributed by atoms with Gasteiger partial charge in [-0.2, -0.15) is 0 Å². The second-order valence-corrected chi connectivity index (χ2v) is 4.99. The maximum Gasteiger partial charge on any atom is 0.0971 e. The Bertz CT molecular complexity index is 766. The van der Waals surface area contributed by atoms with Crippen molar-refractivity contribution < 1.29 is 4.74 Å². The Kier molecular flexibility index (Phi) is 2.83. The summed E-state index contributed by atoms with van der Waals surface area (Å²) in [5.74, 6) is 0. The molecule has 100 valence electrons. The highest BCUT2D eigenvalue weighted by Gasteiger charge is 2.19. The molecule has 1 unspecified atom stereocenters. The summed E-state index contributed by atoms with van der Waals surface area (Å²) >= 11 is 0. The highest BCUT2D eigenvalue weighted by Crippen LogP contribution is 2.26. The van der Waals surface area contributed by atoms with Crippen molar-refractivity contribution in [2.24, 2.45) is 0 Å². The predicted octanol–water partition coefficient (Wildman–Crippen LogP) is 2.44. The Balaban J connectivity index is 1.94. The molecule has 0 spiro atoms. The number of rotatable bonds is 1. The van der Waals surface area contributed by atoms with Crippen LogP contribution in [0.5, 0.6) is 0 Å². The summed E-state index contributed by atoms with van der Waals surface area (Å²) in [6, 6.07) is 14.1.